The van der Waals surface area contributed by atoms with Crippen molar-refractivity contribution in [2.75, 3.05) is 11.9 Å². The first-order chi connectivity index (χ1) is 9.11. The predicted molar refractivity (Wildman–Crippen MR) is 75.7 cm³/mol. The molecule has 1 aliphatic rings. The first kappa shape index (κ1) is 12.8. The Morgan fingerprint density at radius 2 is 2.42 bits per heavy atom. The van der Waals surface area contributed by atoms with Crippen molar-refractivity contribution in [1.29, 1.82) is 0 Å². The molecule has 1 saturated heterocycles. The number of hydrogen-bond donors (Lipinski definition) is 3. The maximum Gasteiger partial charge on any atom is 0.241 e. The van der Waals surface area contributed by atoms with Crippen LogP contribution in [0.4, 0.5) is 5.69 Å². The number of rotatable bonds is 2. The van der Waals surface area contributed by atoms with E-state index in [2.05, 4.69) is 15.6 Å². The lowest BCUT2D eigenvalue weighted by Gasteiger charge is -2.10. The summed E-state index contributed by atoms with van der Waals surface area (Å²) in [7, 11) is 0. The molecule has 2 atom stereocenters. The highest BCUT2D eigenvalue weighted by Crippen LogP contribution is 2.27. The number of nitrogens with zero attached hydrogens (tertiary/aromatic N) is 1. The van der Waals surface area contributed by atoms with E-state index < -0.39 is 6.10 Å². The molecule has 0 aliphatic carbocycles. The molecule has 19 heavy (non-hydrogen) atoms. The van der Waals surface area contributed by atoms with Gasteiger partial charge < -0.3 is 15.7 Å². The van der Waals surface area contributed by atoms with Crippen LogP contribution in [0.5, 0.6) is 0 Å². The third-order valence-electron chi connectivity index (χ3n) is 3.05. The molecule has 1 amide bonds. The van der Waals surface area contributed by atoms with Gasteiger partial charge in [0.05, 0.1) is 22.4 Å². The number of amides is 1. The molecular formula is C12H12ClN3O2S. The maximum absolute atomic E-state index is 12.0. The standard InChI is InChI=1S/C12H12ClN3O2S/c13-12-16-8-3-6(1-2-10(8)19-12)15-11(18)9-4-7(17)5-14-9/h1-3,7,9,14,17H,4-5H2,(H,15,18)/t7-,9-/m0/s1. The molecule has 100 valence electrons. The number of fused-ring (bicyclic) bond motifs is 1. The SMILES string of the molecule is O=C(Nc1ccc2sc(Cl)nc2c1)[C@@H]1C[C@H](O)CN1. The number of carbonyl (C=O) groups excluding carboxylic acids is 1. The van der Waals surface area contributed by atoms with Gasteiger partial charge in [0.25, 0.3) is 0 Å². The van der Waals surface area contributed by atoms with E-state index in [0.717, 1.165) is 10.2 Å². The van der Waals surface area contributed by atoms with Gasteiger partial charge in [-0.3, -0.25) is 4.79 Å². The molecule has 1 fully saturated rings. The lowest BCUT2D eigenvalue weighted by atomic mass is 10.2. The fourth-order valence-electron chi connectivity index (χ4n) is 2.12. The number of anilines is 1. The summed E-state index contributed by atoms with van der Waals surface area (Å²) >= 11 is 7.24. The van der Waals surface area contributed by atoms with E-state index in [-0.39, 0.29) is 11.9 Å². The minimum Gasteiger partial charge on any atom is -0.392 e. The lowest BCUT2D eigenvalue weighted by molar-refractivity contribution is -0.117. The molecule has 0 radical (unpaired) electrons. The number of benzene rings is 1. The van der Waals surface area contributed by atoms with Gasteiger partial charge in [-0.25, -0.2) is 4.98 Å². The molecule has 1 aromatic heterocycles. The lowest BCUT2D eigenvalue weighted by Crippen LogP contribution is -2.35. The first-order valence-electron chi connectivity index (χ1n) is 5.90. The molecule has 1 aromatic carbocycles. The largest absolute Gasteiger partial charge is 0.392 e. The van der Waals surface area contributed by atoms with Gasteiger partial charge in [-0.2, -0.15) is 0 Å². The van der Waals surface area contributed by atoms with Crippen molar-refractivity contribution < 1.29 is 9.90 Å². The molecule has 0 unspecified atom stereocenters. The van der Waals surface area contributed by atoms with Crippen molar-refractivity contribution in [3.8, 4) is 0 Å². The van der Waals surface area contributed by atoms with Crippen molar-refractivity contribution in [3.63, 3.8) is 0 Å². The number of β-amino-alcohol motifs (C(OH)–C–C–N with tert-alkyl or cyclic N) is 1. The van der Waals surface area contributed by atoms with Crippen LogP contribution in [0.15, 0.2) is 18.2 Å². The number of nitrogens with one attached hydrogen (secondary N) is 2. The Kier molecular flexibility index (Phi) is 3.40. The molecule has 2 aromatic rings. The maximum atomic E-state index is 12.0. The molecule has 1 aliphatic heterocycles. The summed E-state index contributed by atoms with van der Waals surface area (Å²) < 4.78 is 1.47. The van der Waals surface area contributed by atoms with E-state index in [1.807, 2.05) is 12.1 Å². The van der Waals surface area contributed by atoms with Crippen molar-refractivity contribution in [1.82, 2.24) is 10.3 Å². The van der Waals surface area contributed by atoms with Crippen LogP contribution >= 0.6 is 22.9 Å². The Hall–Kier alpha value is -1.21. The van der Waals surface area contributed by atoms with E-state index >= 15 is 0 Å². The second-order valence-corrected chi connectivity index (χ2v) is 6.10. The number of aliphatic hydroxyl groups excluding tert-OH is 1. The van der Waals surface area contributed by atoms with Crippen molar-refractivity contribution >= 4 is 44.7 Å². The van der Waals surface area contributed by atoms with E-state index in [9.17, 15) is 9.90 Å². The summed E-state index contributed by atoms with van der Waals surface area (Å²) in [5.41, 5.74) is 1.45. The number of aliphatic hydroxyl groups is 1. The van der Waals surface area contributed by atoms with Crippen LogP contribution in [-0.4, -0.2) is 34.7 Å². The summed E-state index contributed by atoms with van der Waals surface area (Å²) in [5.74, 6) is -0.141. The summed E-state index contributed by atoms with van der Waals surface area (Å²) in [5, 5.41) is 15.2. The van der Waals surface area contributed by atoms with Gasteiger partial charge >= 0.3 is 0 Å². The monoisotopic (exact) mass is 297 g/mol. The van der Waals surface area contributed by atoms with Gasteiger partial charge in [0.1, 0.15) is 0 Å². The topological polar surface area (TPSA) is 74.2 Å². The molecule has 7 heteroatoms. The highest BCUT2D eigenvalue weighted by Gasteiger charge is 2.27. The second-order valence-electron chi connectivity index (χ2n) is 4.49. The minimum absolute atomic E-state index is 0.141. The van der Waals surface area contributed by atoms with Crippen LogP contribution in [0.25, 0.3) is 10.2 Å². The van der Waals surface area contributed by atoms with E-state index in [1.165, 1.54) is 11.3 Å². The Bertz CT molecular complexity index is 630. The second kappa shape index (κ2) is 5.05. The third-order valence-corrected chi connectivity index (χ3v) is 4.19. The molecule has 2 heterocycles. The van der Waals surface area contributed by atoms with Gasteiger partial charge in [-0.05, 0) is 24.6 Å². The highest BCUT2D eigenvalue weighted by molar-refractivity contribution is 7.22. The highest BCUT2D eigenvalue weighted by atomic mass is 35.5. The normalized spacial score (nSPS) is 22.8. The van der Waals surface area contributed by atoms with Crippen LogP contribution in [-0.2, 0) is 4.79 Å². The molecule has 5 nitrogen and oxygen atoms in total. The fourth-order valence-corrected chi connectivity index (χ4v) is 3.13. The number of aromatic nitrogens is 1. The van der Waals surface area contributed by atoms with Crippen LogP contribution in [0.1, 0.15) is 6.42 Å². The predicted octanol–water partition coefficient (Wildman–Crippen LogP) is 1.61. The summed E-state index contributed by atoms with van der Waals surface area (Å²) in [6, 6.07) is 5.15. The van der Waals surface area contributed by atoms with Crippen molar-refractivity contribution in [2.24, 2.45) is 0 Å². The van der Waals surface area contributed by atoms with E-state index in [0.29, 0.717) is 23.1 Å². The van der Waals surface area contributed by atoms with Crippen LogP contribution in [0, 0.1) is 0 Å². The zero-order valence-corrected chi connectivity index (χ0v) is 11.5. The van der Waals surface area contributed by atoms with Crippen LogP contribution < -0.4 is 10.6 Å². The van der Waals surface area contributed by atoms with Gasteiger partial charge in [-0.15, -0.1) is 11.3 Å². The number of thiazole rings is 1. The van der Waals surface area contributed by atoms with Crippen LogP contribution in [0.2, 0.25) is 4.47 Å². The molecule has 3 rings (SSSR count). The Balaban J connectivity index is 1.75. The van der Waals surface area contributed by atoms with Crippen molar-refractivity contribution in [3.05, 3.63) is 22.7 Å². The number of hydrogen-bond acceptors (Lipinski definition) is 5. The Labute approximate surface area is 118 Å². The van der Waals surface area contributed by atoms with Gasteiger partial charge in [0.2, 0.25) is 5.91 Å². The smallest absolute Gasteiger partial charge is 0.241 e. The average molecular weight is 298 g/mol. The summed E-state index contributed by atoms with van der Waals surface area (Å²) in [4.78, 5) is 16.1. The first-order valence-corrected chi connectivity index (χ1v) is 7.09. The zero-order valence-electron chi connectivity index (χ0n) is 9.89. The molecule has 0 bridgehead atoms. The van der Waals surface area contributed by atoms with Gasteiger partial charge in [0, 0.05) is 12.2 Å². The quantitative estimate of drug-likeness (QED) is 0.787. The number of halogens is 1. The molecule has 3 N–H and O–H groups in total. The molecular weight excluding hydrogens is 286 g/mol. The van der Waals surface area contributed by atoms with E-state index in [4.69, 9.17) is 11.6 Å². The summed E-state index contributed by atoms with van der Waals surface area (Å²) in [6.45, 7) is 0.457. The minimum atomic E-state index is -0.449. The average Bonchev–Trinajstić information content (AvgIpc) is 2.93. The molecule has 0 spiro atoms. The Morgan fingerprint density at radius 1 is 1.58 bits per heavy atom. The van der Waals surface area contributed by atoms with Gasteiger partial charge in [0.15, 0.2) is 4.47 Å². The van der Waals surface area contributed by atoms with Crippen molar-refractivity contribution in [2.45, 2.75) is 18.6 Å². The Morgan fingerprint density at radius 3 is 3.16 bits per heavy atom. The molecule has 0 saturated carbocycles. The fraction of sp³-hybridized carbons (Fsp3) is 0.333. The third kappa shape index (κ3) is 2.71. The van der Waals surface area contributed by atoms with Crippen LogP contribution in [0.3, 0.4) is 0 Å². The zero-order chi connectivity index (χ0) is 13.4. The summed E-state index contributed by atoms with van der Waals surface area (Å²) in [6.07, 6.45) is -0.00746. The van der Waals surface area contributed by atoms with E-state index in [1.54, 1.807) is 6.07 Å². The van der Waals surface area contributed by atoms with Gasteiger partial charge in [-0.1, -0.05) is 11.6 Å². The number of carbonyl (C=O) groups is 1.